The average molecular weight is 360 g/mol. The molecule has 0 spiro atoms. The Balaban J connectivity index is 1.63. The van der Waals surface area contributed by atoms with E-state index in [4.69, 9.17) is 9.15 Å². The van der Waals surface area contributed by atoms with E-state index in [0.717, 1.165) is 0 Å². The Morgan fingerprint density at radius 1 is 1.15 bits per heavy atom. The van der Waals surface area contributed by atoms with E-state index in [9.17, 15) is 9.59 Å². The van der Waals surface area contributed by atoms with Crippen molar-refractivity contribution in [2.45, 2.75) is 0 Å². The number of fused-ring (bicyclic) bond motifs is 1. The molecular weight excluding hydrogens is 344 g/mol. The monoisotopic (exact) mass is 360 g/mol. The molecule has 4 rings (SSSR count). The number of benzene rings is 2. The molecule has 1 aliphatic rings. The number of methoxy groups -OCH3 is 1. The van der Waals surface area contributed by atoms with Crippen LogP contribution in [0.4, 0.5) is 11.4 Å². The van der Waals surface area contributed by atoms with Gasteiger partial charge in [-0.15, -0.1) is 0 Å². The third kappa shape index (κ3) is 3.32. The van der Waals surface area contributed by atoms with Gasteiger partial charge in [-0.3, -0.25) is 9.59 Å². The number of amides is 2. The van der Waals surface area contributed by atoms with Gasteiger partial charge in [0.1, 0.15) is 11.5 Å². The molecule has 2 aromatic carbocycles. The summed E-state index contributed by atoms with van der Waals surface area (Å²) in [4.78, 5) is 24.9. The maximum Gasteiger partial charge on any atom is 0.256 e. The molecule has 0 radical (unpaired) electrons. The zero-order chi connectivity index (χ0) is 18.8. The number of carbonyl (C=O) groups excluding carboxylic acids is 2. The number of rotatable bonds is 4. The van der Waals surface area contributed by atoms with E-state index in [1.165, 1.54) is 6.26 Å². The van der Waals surface area contributed by atoms with Crippen molar-refractivity contribution < 1.29 is 18.7 Å². The Morgan fingerprint density at radius 3 is 2.81 bits per heavy atom. The van der Waals surface area contributed by atoms with Gasteiger partial charge in [0, 0.05) is 28.6 Å². The second-order valence-electron chi connectivity index (χ2n) is 5.97. The summed E-state index contributed by atoms with van der Waals surface area (Å²) < 4.78 is 10.5. The number of anilines is 2. The molecule has 6 heteroatoms. The van der Waals surface area contributed by atoms with Gasteiger partial charge in [0.2, 0.25) is 0 Å². The van der Waals surface area contributed by atoms with Crippen molar-refractivity contribution in [3.05, 3.63) is 77.7 Å². The molecule has 0 unspecified atom stereocenters. The van der Waals surface area contributed by atoms with Crippen LogP contribution in [-0.4, -0.2) is 18.9 Å². The van der Waals surface area contributed by atoms with Crippen LogP contribution in [0.25, 0.3) is 11.6 Å². The molecule has 2 N–H and O–H groups in total. The third-order valence-electron chi connectivity index (χ3n) is 4.22. The summed E-state index contributed by atoms with van der Waals surface area (Å²) in [6, 6.07) is 15.7. The van der Waals surface area contributed by atoms with E-state index < -0.39 is 0 Å². The first-order valence-electron chi connectivity index (χ1n) is 8.30. The number of nitrogens with one attached hydrogen (secondary N) is 2. The number of hydrogen-bond donors (Lipinski definition) is 2. The van der Waals surface area contributed by atoms with E-state index in [2.05, 4.69) is 10.6 Å². The van der Waals surface area contributed by atoms with Crippen molar-refractivity contribution in [2.75, 3.05) is 17.7 Å². The lowest BCUT2D eigenvalue weighted by atomic mass is 10.0. The first kappa shape index (κ1) is 16.7. The first-order chi connectivity index (χ1) is 13.1. The molecule has 3 aromatic rings. The summed E-state index contributed by atoms with van der Waals surface area (Å²) in [5.41, 5.74) is 2.85. The second kappa shape index (κ2) is 6.84. The highest BCUT2D eigenvalue weighted by atomic mass is 16.5. The van der Waals surface area contributed by atoms with Gasteiger partial charge in [0.15, 0.2) is 0 Å². The van der Waals surface area contributed by atoms with Crippen LogP contribution in [0.5, 0.6) is 5.75 Å². The summed E-state index contributed by atoms with van der Waals surface area (Å²) in [5.74, 6) is 0.717. The summed E-state index contributed by atoms with van der Waals surface area (Å²) in [6.07, 6.45) is 3.20. The fraction of sp³-hybridized carbons (Fsp3) is 0.0476. The molecule has 0 saturated carbocycles. The zero-order valence-electron chi connectivity index (χ0n) is 14.5. The molecule has 0 fully saturated rings. The van der Waals surface area contributed by atoms with Crippen LogP contribution < -0.4 is 15.4 Å². The van der Waals surface area contributed by atoms with Gasteiger partial charge in [-0.05, 0) is 48.5 Å². The molecule has 1 aliphatic heterocycles. The quantitative estimate of drug-likeness (QED) is 0.688. The van der Waals surface area contributed by atoms with E-state index >= 15 is 0 Å². The fourth-order valence-corrected chi connectivity index (χ4v) is 2.89. The minimum Gasteiger partial charge on any atom is -0.497 e. The van der Waals surface area contributed by atoms with Gasteiger partial charge >= 0.3 is 0 Å². The van der Waals surface area contributed by atoms with Gasteiger partial charge in [-0.2, -0.15) is 0 Å². The van der Waals surface area contributed by atoms with Crippen LogP contribution in [0.15, 0.2) is 65.3 Å². The topological polar surface area (TPSA) is 80.6 Å². The maximum absolute atomic E-state index is 12.6. The SMILES string of the molecule is COc1cccc(NC(=O)c2ccc3c(c2)/C(=C/c2ccco2)C(=O)N3)c1. The summed E-state index contributed by atoms with van der Waals surface area (Å²) in [6.45, 7) is 0. The van der Waals surface area contributed by atoms with E-state index in [0.29, 0.717) is 39.6 Å². The third-order valence-corrected chi connectivity index (χ3v) is 4.22. The van der Waals surface area contributed by atoms with Crippen molar-refractivity contribution in [1.82, 2.24) is 0 Å². The van der Waals surface area contributed by atoms with Crippen LogP contribution in [-0.2, 0) is 4.79 Å². The van der Waals surface area contributed by atoms with E-state index in [1.807, 2.05) is 0 Å². The van der Waals surface area contributed by atoms with Gasteiger partial charge in [0.05, 0.1) is 18.9 Å². The largest absolute Gasteiger partial charge is 0.497 e. The predicted octanol–water partition coefficient (Wildman–Crippen LogP) is 4.03. The summed E-state index contributed by atoms with van der Waals surface area (Å²) >= 11 is 0. The van der Waals surface area contributed by atoms with Crippen molar-refractivity contribution in [2.24, 2.45) is 0 Å². The van der Waals surface area contributed by atoms with Gasteiger partial charge in [0.25, 0.3) is 11.8 Å². The van der Waals surface area contributed by atoms with Crippen LogP contribution in [0.2, 0.25) is 0 Å². The maximum atomic E-state index is 12.6. The highest BCUT2D eigenvalue weighted by molar-refractivity contribution is 6.35. The normalized spacial score (nSPS) is 14.0. The van der Waals surface area contributed by atoms with Gasteiger partial charge < -0.3 is 19.8 Å². The predicted molar refractivity (Wildman–Crippen MR) is 103 cm³/mol. The molecule has 134 valence electrons. The number of furan rings is 1. The lowest BCUT2D eigenvalue weighted by Crippen LogP contribution is -2.12. The number of hydrogen-bond acceptors (Lipinski definition) is 4. The molecule has 27 heavy (non-hydrogen) atoms. The van der Waals surface area contributed by atoms with Crippen LogP contribution >= 0.6 is 0 Å². The molecular formula is C21H16N2O4. The van der Waals surface area contributed by atoms with Crippen LogP contribution in [0.1, 0.15) is 21.7 Å². The van der Waals surface area contributed by atoms with Crippen LogP contribution in [0, 0.1) is 0 Å². The van der Waals surface area contributed by atoms with Gasteiger partial charge in [-0.1, -0.05) is 6.07 Å². The standard InChI is InChI=1S/C21H16N2O4/c1-26-15-5-2-4-14(11-15)22-20(24)13-7-8-19-17(10-13)18(21(25)23-19)12-16-6-3-9-27-16/h2-12H,1H3,(H,22,24)(H,23,25)/b18-12-. The Hall–Kier alpha value is -3.80. The summed E-state index contributed by atoms with van der Waals surface area (Å²) in [5, 5.41) is 5.63. The molecule has 2 amide bonds. The van der Waals surface area contributed by atoms with Crippen LogP contribution in [0.3, 0.4) is 0 Å². The molecule has 1 aromatic heterocycles. The van der Waals surface area contributed by atoms with Crippen molar-refractivity contribution >= 4 is 34.8 Å². The fourth-order valence-electron chi connectivity index (χ4n) is 2.89. The zero-order valence-corrected chi connectivity index (χ0v) is 14.5. The van der Waals surface area contributed by atoms with Gasteiger partial charge in [-0.25, -0.2) is 0 Å². The molecule has 0 atom stereocenters. The Bertz CT molecular complexity index is 1050. The average Bonchev–Trinajstić information content (AvgIpc) is 3.30. The minimum absolute atomic E-state index is 0.230. The highest BCUT2D eigenvalue weighted by Crippen LogP contribution is 2.34. The Kier molecular flexibility index (Phi) is 4.22. The Labute approximate surface area is 155 Å². The Morgan fingerprint density at radius 2 is 2.04 bits per heavy atom. The lowest BCUT2D eigenvalue weighted by molar-refractivity contribution is -0.110. The molecule has 2 heterocycles. The smallest absolute Gasteiger partial charge is 0.256 e. The highest BCUT2D eigenvalue weighted by Gasteiger charge is 2.25. The molecule has 0 bridgehead atoms. The van der Waals surface area contributed by atoms with Crippen molar-refractivity contribution in [3.8, 4) is 5.75 Å². The second-order valence-corrected chi connectivity index (χ2v) is 5.97. The molecule has 6 nitrogen and oxygen atoms in total. The lowest BCUT2D eigenvalue weighted by Gasteiger charge is -2.08. The number of ether oxygens (including phenoxy) is 1. The van der Waals surface area contributed by atoms with E-state index in [1.54, 1.807) is 67.8 Å². The first-order valence-corrected chi connectivity index (χ1v) is 8.30. The molecule has 0 aliphatic carbocycles. The molecule has 0 saturated heterocycles. The minimum atomic E-state index is -0.275. The van der Waals surface area contributed by atoms with Crippen molar-refractivity contribution in [1.29, 1.82) is 0 Å². The summed E-state index contributed by atoms with van der Waals surface area (Å²) in [7, 11) is 1.57. The number of carbonyl (C=O) groups is 2. The van der Waals surface area contributed by atoms with Crippen molar-refractivity contribution in [3.63, 3.8) is 0 Å². The van der Waals surface area contributed by atoms with E-state index in [-0.39, 0.29) is 11.8 Å².